The molecule has 3 rings (SSSR count). The molecule has 0 spiro atoms. The molecule has 2 aliphatic heterocycles. The van der Waals surface area contributed by atoms with Crippen molar-refractivity contribution in [2.45, 2.75) is 18.9 Å². The topological polar surface area (TPSA) is 58.1 Å². The first-order valence-corrected chi connectivity index (χ1v) is 5.21. The van der Waals surface area contributed by atoms with Crippen molar-refractivity contribution in [1.82, 2.24) is 15.3 Å². The molecule has 3 heterocycles. The largest absolute Gasteiger partial charge is 0.351 e. The van der Waals surface area contributed by atoms with E-state index in [9.17, 15) is 4.79 Å². The van der Waals surface area contributed by atoms with E-state index in [2.05, 4.69) is 20.2 Å². The third-order valence-corrected chi connectivity index (χ3v) is 3.08. The minimum absolute atomic E-state index is 0.0556. The SMILES string of the molecule is O=C1NCC2CCCN2c2ncncc21. The number of nitrogens with one attached hydrogen (secondary N) is 1. The summed E-state index contributed by atoms with van der Waals surface area (Å²) in [6.45, 7) is 1.71. The summed E-state index contributed by atoms with van der Waals surface area (Å²) < 4.78 is 0. The van der Waals surface area contributed by atoms with Crippen LogP contribution in [0, 0.1) is 0 Å². The van der Waals surface area contributed by atoms with Gasteiger partial charge in [0.1, 0.15) is 17.7 Å². The van der Waals surface area contributed by atoms with Gasteiger partial charge in [-0.15, -0.1) is 0 Å². The lowest BCUT2D eigenvalue weighted by Gasteiger charge is -2.23. The number of carbonyl (C=O) groups is 1. The zero-order chi connectivity index (χ0) is 10.3. The Bertz CT molecular complexity index is 406. The predicted octanol–water partition coefficient (Wildman–Crippen LogP) is 0.189. The molecular formula is C10H12N4O. The molecule has 78 valence electrons. The molecule has 15 heavy (non-hydrogen) atoms. The maximum atomic E-state index is 11.7. The highest BCUT2D eigenvalue weighted by atomic mass is 16.1. The van der Waals surface area contributed by atoms with Crippen molar-refractivity contribution in [2.75, 3.05) is 18.0 Å². The molecule has 2 aliphatic rings. The lowest BCUT2D eigenvalue weighted by Crippen LogP contribution is -2.36. The van der Waals surface area contributed by atoms with E-state index in [1.807, 2.05) is 0 Å². The number of carbonyl (C=O) groups excluding carboxylic acids is 1. The summed E-state index contributed by atoms with van der Waals surface area (Å²) in [6.07, 6.45) is 5.40. The van der Waals surface area contributed by atoms with E-state index >= 15 is 0 Å². The molecule has 0 bridgehead atoms. The molecule has 1 N–H and O–H groups in total. The number of hydrogen-bond donors (Lipinski definition) is 1. The van der Waals surface area contributed by atoms with Gasteiger partial charge in [-0.25, -0.2) is 9.97 Å². The van der Waals surface area contributed by atoms with Gasteiger partial charge in [0.15, 0.2) is 0 Å². The van der Waals surface area contributed by atoms with Gasteiger partial charge in [0.25, 0.3) is 5.91 Å². The average Bonchev–Trinajstić information content (AvgIpc) is 2.69. The van der Waals surface area contributed by atoms with E-state index in [0.717, 1.165) is 25.3 Å². The van der Waals surface area contributed by atoms with Gasteiger partial charge in [-0.05, 0) is 12.8 Å². The second-order valence-electron chi connectivity index (χ2n) is 3.96. The van der Waals surface area contributed by atoms with Crippen molar-refractivity contribution in [3.8, 4) is 0 Å². The van der Waals surface area contributed by atoms with Crippen LogP contribution in [0.5, 0.6) is 0 Å². The molecule has 1 aromatic rings. The van der Waals surface area contributed by atoms with Crippen LogP contribution in [0.2, 0.25) is 0 Å². The van der Waals surface area contributed by atoms with Gasteiger partial charge in [-0.2, -0.15) is 0 Å². The highest BCUT2D eigenvalue weighted by Crippen LogP contribution is 2.27. The zero-order valence-corrected chi connectivity index (χ0v) is 8.31. The highest BCUT2D eigenvalue weighted by molar-refractivity contribution is 5.99. The molecule has 1 unspecified atom stereocenters. The molecule has 1 saturated heterocycles. The Morgan fingerprint density at radius 1 is 1.53 bits per heavy atom. The molecular weight excluding hydrogens is 192 g/mol. The number of aromatic nitrogens is 2. The van der Waals surface area contributed by atoms with Gasteiger partial charge in [0.05, 0.1) is 0 Å². The van der Waals surface area contributed by atoms with E-state index < -0.39 is 0 Å². The molecule has 0 aromatic carbocycles. The van der Waals surface area contributed by atoms with Gasteiger partial charge in [0, 0.05) is 25.3 Å². The van der Waals surface area contributed by atoms with Crippen LogP contribution >= 0.6 is 0 Å². The number of fused-ring (bicyclic) bond motifs is 3. The number of rotatable bonds is 0. The van der Waals surface area contributed by atoms with Gasteiger partial charge >= 0.3 is 0 Å². The minimum Gasteiger partial charge on any atom is -0.351 e. The van der Waals surface area contributed by atoms with Crippen LogP contribution in [0.4, 0.5) is 5.82 Å². The Hall–Kier alpha value is -1.65. The van der Waals surface area contributed by atoms with Crippen LogP contribution in [-0.2, 0) is 0 Å². The fourth-order valence-corrected chi connectivity index (χ4v) is 2.34. The number of hydrogen-bond acceptors (Lipinski definition) is 4. The summed E-state index contributed by atoms with van der Waals surface area (Å²) in [5.74, 6) is 0.738. The van der Waals surface area contributed by atoms with E-state index in [-0.39, 0.29) is 5.91 Å². The second-order valence-corrected chi connectivity index (χ2v) is 3.96. The first kappa shape index (κ1) is 8.64. The molecule has 1 amide bonds. The third kappa shape index (κ3) is 1.26. The fourth-order valence-electron chi connectivity index (χ4n) is 2.34. The Morgan fingerprint density at radius 3 is 3.40 bits per heavy atom. The summed E-state index contributed by atoms with van der Waals surface area (Å²) in [5, 5.41) is 2.91. The number of amides is 1. The fraction of sp³-hybridized carbons (Fsp3) is 0.500. The number of nitrogens with zero attached hydrogens (tertiary/aromatic N) is 3. The first-order valence-electron chi connectivity index (χ1n) is 5.21. The van der Waals surface area contributed by atoms with Crippen LogP contribution in [0.1, 0.15) is 23.2 Å². The summed E-state index contributed by atoms with van der Waals surface area (Å²) >= 11 is 0. The van der Waals surface area contributed by atoms with Crippen molar-refractivity contribution in [3.05, 3.63) is 18.1 Å². The maximum Gasteiger partial charge on any atom is 0.256 e. The van der Waals surface area contributed by atoms with E-state index in [0.29, 0.717) is 11.6 Å². The van der Waals surface area contributed by atoms with Crippen LogP contribution in [0.3, 0.4) is 0 Å². The van der Waals surface area contributed by atoms with Crippen LogP contribution in [-0.4, -0.2) is 35.0 Å². The van der Waals surface area contributed by atoms with Crippen molar-refractivity contribution in [3.63, 3.8) is 0 Å². The minimum atomic E-state index is -0.0556. The Labute approximate surface area is 87.5 Å². The van der Waals surface area contributed by atoms with Crippen LogP contribution in [0.25, 0.3) is 0 Å². The van der Waals surface area contributed by atoms with Crippen molar-refractivity contribution in [1.29, 1.82) is 0 Å². The predicted molar refractivity (Wildman–Crippen MR) is 54.7 cm³/mol. The highest BCUT2D eigenvalue weighted by Gasteiger charge is 2.32. The molecule has 5 heteroatoms. The van der Waals surface area contributed by atoms with Crippen molar-refractivity contribution in [2.24, 2.45) is 0 Å². The molecule has 0 radical (unpaired) electrons. The maximum absolute atomic E-state index is 11.7. The lowest BCUT2D eigenvalue weighted by molar-refractivity contribution is 0.0955. The summed E-state index contributed by atoms with van der Waals surface area (Å²) in [7, 11) is 0. The van der Waals surface area contributed by atoms with Gasteiger partial charge < -0.3 is 10.2 Å². The quantitative estimate of drug-likeness (QED) is 0.655. The zero-order valence-electron chi connectivity index (χ0n) is 8.31. The van der Waals surface area contributed by atoms with Crippen LogP contribution < -0.4 is 10.2 Å². The molecule has 5 nitrogen and oxygen atoms in total. The Kier molecular flexibility index (Phi) is 1.83. The Balaban J connectivity index is 2.11. The van der Waals surface area contributed by atoms with E-state index in [1.165, 1.54) is 12.7 Å². The summed E-state index contributed by atoms with van der Waals surface area (Å²) in [4.78, 5) is 22.1. The summed E-state index contributed by atoms with van der Waals surface area (Å²) in [6, 6.07) is 0.407. The normalized spacial score (nSPS) is 24.1. The van der Waals surface area contributed by atoms with Gasteiger partial charge in [-0.3, -0.25) is 4.79 Å². The summed E-state index contributed by atoms with van der Waals surface area (Å²) in [5.41, 5.74) is 0.599. The lowest BCUT2D eigenvalue weighted by atomic mass is 10.2. The molecule has 0 aliphatic carbocycles. The van der Waals surface area contributed by atoms with Gasteiger partial charge in [-0.1, -0.05) is 0 Å². The smallest absolute Gasteiger partial charge is 0.256 e. The third-order valence-electron chi connectivity index (χ3n) is 3.08. The second kappa shape index (κ2) is 3.18. The molecule has 0 saturated carbocycles. The Morgan fingerprint density at radius 2 is 2.47 bits per heavy atom. The van der Waals surface area contributed by atoms with Crippen LogP contribution in [0.15, 0.2) is 12.5 Å². The van der Waals surface area contributed by atoms with Crippen molar-refractivity contribution >= 4 is 11.7 Å². The average molecular weight is 204 g/mol. The number of anilines is 1. The molecule has 1 fully saturated rings. The first-order chi connectivity index (χ1) is 7.36. The van der Waals surface area contributed by atoms with Crippen molar-refractivity contribution < 1.29 is 4.79 Å². The molecule has 1 aromatic heterocycles. The van der Waals surface area contributed by atoms with E-state index in [4.69, 9.17) is 0 Å². The molecule has 1 atom stereocenters. The van der Waals surface area contributed by atoms with E-state index in [1.54, 1.807) is 6.20 Å². The van der Waals surface area contributed by atoms with Gasteiger partial charge in [0.2, 0.25) is 0 Å². The standard InChI is InChI=1S/C10H12N4O/c15-10-8-5-11-6-13-9(8)14-3-1-2-7(14)4-12-10/h5-7H,1-4H2,(H,12,15). The monoisotopic (exact) mass is 204 g/mol.